The number of nitrogens with zero attached hydrogens (tertiary/aromatic N) is 2. The summed E-state index contributed by atoms with van der Waals surface area (Å²) in [7, 11) is 1.93. The lowest BCUT2D eigenvalue weighted by molar-refractivity contribution is -0.120. The number of carbonyl (C=O) groups excluding carboxylic acids is 1. The number of hydrogen-bond donors (Lipinski definition) is 0. The highest BCUT2D eigenvalue weighted by atomic mass is 16.1. The van der Waals surface area contributed by atoms with E-state index in [4.69, 9.17) is 0 Å². The van der Waals surface area contributed by atoms with Gasteiger partial charge in [0.25, 0.3) is 0 Å². The molecule has 1 aliphatic carbocycles. The van der Waals surface area contributed by atoms with E-state index in [1.807, 2.05) is 23.9 Å². The average molecular weight is 254 g/mol. The van der Waals surface area contributed by atoms with E-state index in [1.54, 1.807) is 6.20 Å². The Hall–Kier alpha value is -1.90. The molecule has 2 aromatic rings. The number of carbonyl (C=O) groups is 1. The van der Waals surface area contributed by atoms with Crippen LogP contribution in [-0.2, 0) is 24.7 Å². The lowest BCUT2D eigenvalue weighted by Gasteiger charge is -2.24. The lowest BCUT2D eigenvalue weighted by atomic mass is 9.80. The van der Waals surface area contributed by atoms with Crippen molar-refractivity contribution in [3.05, 3.63) is 53.6 Å². The van der Waals surface area contributed by atoms with Gasteiger partial charge in [-0.1, -0.05) is 24.3 Å². The van der Waals surface area contributed by atoms with Crippen LogP contribution in [0, 0.1) is 0 Å². The molecular weight excluding hydrogens is 236 g/mol. The van der Waals surface area contributed by atoms with Gasteiger partial charge in [0.1, 0.15) is 11.6 Å². The summed E-state index contributed by atoms with van der Waals surface area (Å²) in [5.41, 5.74) is 2.57. The Morgan fingerprint density at radius 3 is 3.05 bits per heavy atom. The fourth-order valence-corrected chi connectivity index (χ4v) is 2.93. The van der Waals surface area contributed by atoms with E-state index >= 15 is 0 Å². The number of imidazole rings is 1. The molecule has 0 bridgehead atoms. The van der Waals surface area contributed by atoms with Gasteiger partial charge in [0.2, 0.25) is 0 Å². The zero-order valence-corrected chi connectivity index (χ0v) is 11.2. The minimum Gasteiger partial charge on any atom is -0.338 e. The summed E-state index contributed by atoms with van der Waals surface area (Å²) in [6.45, 7) is 0. The SMILES string of the molecule is Cn1ccnc1CC(=O)C1CCCc2ccccc21. The summed E-state index contributed by atoms with van der Waals surface area (Å²) < 4.78 is 1.92. The predicted molar refractivity (Wildman–Crippen MR) is 74.0 cm³/mol. The number of hydrogen-bond acceptors (Lipinski definition) is 2. The molecule has 1 aromatic carbocycles. The molecule has 98 valence electrons. The second kappa shape index (κ2) is 5.00. The first-order valence-electron chi connectivity index (χ1n) is 6.82. The van der Waals surface area contributed by atoms with Crippen LogP contribution in [-0.4, -0.2) is 15.3 Å². The molecule has 3 nitrogen and oxygen atoms in total. The molecule has 1 aromatic heterocycles. The summed E-state index contributed by atoms with van der Waals surface area (Å²) in [6.07, 6.45) is 7.24. The Labute approximate surface area is 113 Å². The fourth-order valence-electron chi connectivity index (χ4n) is 2.93. The number of Topliss-reactive ketones (excluding diaryl/α,β-unsaturated/α-hetero) is 1. The van der Waals surface area contributed by atoms with Gasteiger partial charge in [-0.05, 0) is 30.4 Å². The Morgan fingerprint density at radius 2 is 2.26 bits per heavy atom. The molecule has 0 spiro atoms. The van der Waals surface area contributed by atoms with Gasteiger partial charge in [0.15, 0.2) is 0 Å². The highest BCUT2D eigenvalue weighted by molar-refractivity contribution is 5.87. The van der Waals surface area contributed by atoms with Crippen molar-refractivity contribution in [1.82, 2.24) is 9.55 Å². The molecule has 3 rings (SSSR count). The van der Waals surface area contributed by atoms with Crippen LogP contribution in [0.3, 0.4) is 0 Å². The normalized spacial score (nSPS) is 18.1. The first-order valence-corrected chi connectivity index (χ1v) is 6.82. The maximum Gasteiger partial charge on any atom is 0.147 e. The van der Waals surface area contributed by atoms with E-state index in [0.29, 0.717) is 12.2 Å². The topological polar surface area (TPSA) is 34.9 Å². The Bertz CT molecular complexity index is 600. The van der Waals surface area contributed by atoms with Gasteiger partial charge < -0.3 is 4.57 Å². The summed E-state index contributed by atoms with van der Waals surface area (Å²) in [4.78, 5) is 16.8. The molecule has 0 N–H and O–H groups in total. The van der Waals surface area contributed by atoms with Crippen molar-refractivity contribution in [2.75, 3.05) is 0 Å². The number of fused-ring (bicyclic) bond motifs is 1. The minimum absolute atomic E-state index is 0.0571. The molecule has 19 heavy (non-hydrogen) atoms. The fraction of sp³-hybridized carbons (Fsp3) is 0.375. The van der Waals surface area contributed by atoms with Gasteiger partial charge >= 0.3 is 0 Å². The third-order valence-electron chi connectivity index (χ3n) is 4.01. The maximum absolute atomic E-state index is 12.5. The van der Waals surface area contributed by atoms with Gasteiger partial charge in [-0.3, -0.25) is 4.79 Å². The van der Waals surface area contributed by atoms with Gasteiger partial charge in [0.05, 0.1) is 6.42 Å². The van der Waals surface area contributed by atoms with E-state index in [0.717, 1.165) is 25.1 Å². The number of rotatable bonds is 3. The van der Waals surface area contributed by atoms with Gasteiger partial charge in [-0.2, -0.15) is 0 Å². The third kappa shape index (κ3) is 2.33. The zero-order valence-electron chi connectivity index (χ0n) is 11.2. The molecule has 1 heterocycles. The molecular formula is C16H18N2O. The number of ketones is 1. The van der Waals surface area contributed by atoms with Crippen molar-refractivity contribution in [3.63, 3.8) is 0 Å². The van der Waals surface area contributed by atoms with Crippen molar-refractivity contribution in [2.24, 2.45) is 7.05 Å². The molecule has 0 fully saturated rings. The molecule has 0 saturated carbocycles. The first kappa shape index (κ1) is 12.2. The van der Waals surface area contributed by atoms with Crippen molar-refractivity contribution >= 4 is 5.78 Å². The van der Waals surface area contributed by atoms with Crippen LogP contribution in [0.5, 0.6) is 0 Å². The van der Waals surface area contributed by atoms with Gasteiger partial charge in [-0.25, -0.2) is 4.98 Å². The highest BCUT2D eigenvalue weighted by Gasteiger charge is 2.26. The second-order valence-electron chi connectivity index (χ2n) is 5.24. The van der Waals surface area contributed by atoms with Gasteiger partial charge in [0, 0.05) is 25.4 Å². The zero-order chi connectivity index (χ0) is 13.2. The van der Waals surface area contributed by atoms with Gasteiger partial charge in [-0.15, -0.1) is 0 Å². The number of benzene rings is 1. The van der Waals surface area contributed by atoms with E-state index in [9.17, 15) is 4.79 Å². The third-order valence-corrected chi connectivity index (χ3v) is 4.01. The Balaban J connectivity index is 1.84. The van der Waals surface area contributed by atoms with Crippen LogP contribution in [0.15, 0.2) is 36.7 Å². The second-order valence-corrected chi connectivity index (χ2v) is 5.24. The number of aromatic nitrogens is 2. The van der Waals surface area contributed by atoms with Crippen LogP contribution in [0.25, 0.3) is 0 Å². The van der Waals surface area contributed by atoms with Crippen LogP contribution in [0.4, 0.5) is 0 Å². The molecule has 1 unspecified atom stereocenters. The quantitative estimate of drug-likeness (QED) is 0.844. The summed E-state index contributed by atoms with van der Waals surface area (Å²) in [5.74, 6) is 1.20. The molecule has 1 atom stereocenters. The minimum atomic E-state index is 0.0571. The Kier molecular flexibility index (Phi) is 3.20. The summed E-state index contributed by atoms with van der Waals surface area (Å²) >= 11 is 0. The standard InChI is InChI=1S/C16H18N2O/c1-18-10-9-17-16(18)11-15(19)14-8-4-6-12-5-2-3-7-13(12)14/h2-3,5,7,9-10,14H,4,6,8,11H2,1H3. The largest absolute Gasteiger partial charge is 0.338 e. The van der Waals surface area contributed by atoms with Crippen molar-refractivity contribution < 1.29 is 4.79 Å². The molecule has 0 saturated heterocycles. The van der Waals surface area contributed by atoms with Crippen LogP contribution in [0.1, 0.15) is 35.7 Å². The van der Waals surface area contributed by atoms with E-state index in [2.05, 4.69) is 23.2 Å². The van der Waals surface area contributed by atoms with E-state index in [1.165, 1.54) is 11.1 Å². The molecule has 0 aliphatic heterocycles. The maximum atomic E-state index is 12.5. The summed E-state index contributed by atoms with van der Waals surface area (Å²) in [6, 6.07) is 8.35. The van der Waals surface area contributed by atoms with E-state index < -0.39 is 0 Å². The van der Waals surface area contributed by atoms with Crippen LogP contribution < -0.4 is 0 Å². The first-order chi connectivity index (χ1) is 9.25. The average Bonchev–Trinajstić information content (AvgIpc) is 2.83. The van der Waals surface area contributed by atoms with Crippen molar-refractivity contribution in [2.45, 2.75) is 31.6 Å². The number of aryl methyl sites for hydroxylation is 2. The smallest absolute Gasteiger partial charge is 0.147 e. The predicted octanol–water partition coefficient (Wildman–Crippen LogP) is 2.65. The monoisotopic (exact) mass is 254 g/mol. The highest BCUT2D eigenvalue weighted by Crippen LogP contribution is 2.32. The molecule has 0 amide bonds. The van der Waals surface area contributed by atoms with Crippen LogP contribution in [0.2, 0.25) is 0 Å². The molecule has 3 heteroatoms. The van der Waals surface area contributed by atoms with Crippen molar-refractivity contribution in [1.29, 1.82) is 0 Å². The van der Waals surface area contributed by atoms with Crippen LogP contribution >= 0.6 is 0 Å². The lowest BCUT2D eigenvalue weighted by Crippen LogP contribution is -2.21. The van der Waals surface area contributed by atoms with E-state index in [-0.39, 0.29) is 5.92 Å². The summed E-state index contributed by atoms with van der Waals surface area (Å²) in [5, 5.41) is 0. The Morgan fingerprint density at radius 1 is 1.42 bits per heavy atom. The molecule has 1 aliphatic rings. The van der Waals surface area contributed by atoms with Crippen molar-refractivity contribution in [3.8, 4) is 0 Å². The molecule has 0 radical (unpaired) electrons.